The van der Waals surface area contributed by atoms with Crippen LogP contribution in [0.1, 0.15) is 29.7 Å². The molecule has 0 heterocycles. The number of ether oxygens (including phenoxy) is 1. The van der Waals surface area contributed by atoms with Crippen LogP contribution < -0.4 is 15.4 Å². The molecule has 0 spiro atoms. The predicted octanol–water partition coefficient (Wildman–Crippen LogP) is 4.36. The van der Waals surface area contributed by atoms with E-state index in [1.165, 1.54) is 11.1 Å². The van der Waals surface area contributed by atoms with Gasteiger partial charge >= 0.3 is 0 Å². The van der Waals surface area contributed by atoms with Gasteiger partial charge in [0.15, 0.2) is 5.11 Å². The second-order valence-corrected chi connectivity index (χ2v) is 5.75. The van der Waals surface area contributed by atoms with Gasteiger partial charge in [-0.2, -0.15) is 0 Å². The van der Waals surface area contributed by atoms with Crippen LogP contribution in [0.2, 0.25) is 0 Å². The zero-order valence-corrected chi connectivity index (χ0v) is 14.3. The molecule has 0 amide bonds. The third kappa shape index (κ3) is 3.98. The minimum atomic E-state index is 0.0974. The fourth-order valence-electron chi connectivity index (χ4n) is 2.24. The number of hydrogen-bond acceptors (Lipinski definition) is 2. The first-order valence-corrected chi connectivity index (χ1v) is 7.69. The largest absolute Gasteiger partial charge is 0.497 e. The third-order valence-corrected chi connectivity index (χ3v) is 4.01. The molecule has 0 aliphatic carbocycles. The van der Waals surface area contributed by atoms with Crippen molar-refractivity contribution in [3.05, 3.63) is 59.2 Å². The molecule has 0 fully saturated rings. The van der Waals surface area contributed by atoms with Crippen LogP contribution in [0, 0.1) is 13.8 Å². The van der Waals surface area contributed by atoms with Crippen LogP contribution in [0.3, 0.4) is 0 Å². The average Bonchev–Trinajstić information content (AvgIpc) is 2.51. The standard InChI is InChI=1S/C18H22N2OS/c1-12-7-5-10-17(13(12)2)20-18(22)19-14(3)15-8-6-9-16(11-15)21-4/h5-11,14H,1-4H3,(H2,19,20,22). The maximum absolute atomic E-state index is 5.42. The van der Waals surface area contributed by atoms with E-state index in [9.17, 15) is 0 Å². The minimum Gasteiger partial charge on any atom is -0.497 e. The van der Waals surface area contributed by atoms with Crippen LogP contribution in [0.25, 0.3) is 0 Å². The van der Waals surface area contributed by atoms with Gasteiger partial charge < -0.3 is 15.4 Å². The second-order valence-electron chi connectivity index (χ2n) is 5.34. The molecule has 0 radical (unpaired) electrons. The van der Waals surface area contributed by atoms with Gasteiger partial charge in [-0.1, -0.05) is 24.3 Å². The molecule has 0 aliphatic rings. The number of thiocarbonyl (C=S) groups is 1. The molecule has 1 unspecified atom stereocenters. The molecule has 0 bridgehead atoms. The number of anilines is 1. The van der Waals surface area contributed by atoms with Crippen LogP contribution in [0.15, 0.2) is 42.5 Å². The summed E-state index contributed by atoms with van der Waals surface area (Å²) in [7, 11) is 1.67. The molecule has 0 aliphatic heterocycles. The fourth-order valence-corrected chi connectivity index (χ4v) is 2.52. The monoisotopic (exact) mass is 314 g/mol. The number of benzene rings is 2. The van der Waals surface area contributed by atoms with Crippen LogP contribution >= 0.6 is 12.2 Å². The average molecular weight is 314 g/mol. The Bertz CT molecular complexity index is 670. The van der Waals surface area contributed by atoms with Crippen molar-refractivity contribution in [2.45, 2.75) is 26.8 Å². The summed E-state index contributed by atoms with van der Waals surface area (Å²) in [6.07, 6.45) is 0. The molecule has 1 atom stereocenters. The Balaban J connectivity index is 2.03. The molecule has 116 valence electrons. The lowest BCUT2D eigenvalue weighted by Crippen LogP contribution is -2.31. The molecule has 2 aromatic rings. The Kier molecular flexibility index (Phi) is 5.39. The molecule has 0 saturated carbocycles. The van der Waals surface area contributed by atoms with Gasteiger partial charge in [-0.3, -0.25) is 0 Å². The summed E-state index contributed by atoms with van der Waals surface area (Å²) >= 11 is 5.42. The van der Waals surface area contributed by atoms with Gasteiger partial charge in [-0.15, -0.1) is 0 Å². The summed E-state index contributed by atoms with van der Waals surface area (Å²) in [6, 6.07) is 14.2. The summed E-state index contributed by atoms with van der Waals surface area (Å²) in [6.45, 7) is 6.26. The maximum Gasteiger partial charge on any atom is 0.171 e. The first-order valence-electron chi connectivity index (χ1n) is 7.29. The van der Waals surface area contributed by atoms with Crippen molar-refractivity contribution in [2.75, 3.05) is 12.4 Å². The number of hydrogen-bond donors (Lipinski definition) is 2. The molecule has 2 rings (SSSR count). The predicted molar refractivity (Wildman–Crippen MR) is 96.7 cm³/mol. The third-order valence-electron chi connectivity index (χ3n) is 3.79. The number of aryl methyl sites for hydroxylation is 1. The molecular weight excluding hydrogens is 292 g/mol. The Morgan fingerprint density at radius 2 is 1.86 bits per heavy atom. The minimum absolute atomic E-state index is 0.0974. The highest BCUT2D eigenvalue weighted by Gasteiger charge is 2.09. The van der Waals surface area contributed by atoms with E-state index in [-0.39, 0.29) is 6.04 Å². The van der Waals surface area contributed by atoms with Crippen LogP contribution in [0.5, 0.6) is 5.75 Å². The van der Waals surface area contributed by atoms with Crippen molar-refractivity contribution in [1.82, 2.24) is 5.32 Å². The van der Waals surface area contributed by atoms with Crippen molar-refractivity contribution in [2.24, 2.45) is 0 Å². The maximum atomic E-state index is 5.42. The van der Waals surface area contributed by atoms with E-state index < -0.39 is 0 Å². The zero-order valence-electron chi connectivity index (χ0n) is 13.4. The van der Waals surface area contributed by atoms with Crippen LogP contribution in [-0.4, -0.2) is 12.2 Å². The van der Waals surface area contributed by atoms with E-state index in [1.807, 2.05) is 30.3 Å². The van der Waals surface area contributed by atoms with E-state index in [1.54, 1.807) is 7.11 Å². The van der Waals surface area contributed by atoms with Gasteiger partial charge in [-0.05, 0) is 67.9 Å². The van der Waals surface area contributed by atoms with Crippen molar-refractivity contribution >= 4 is 23.0 Å². The summed E-state index contributed by atoms with van der Waals surface area (Å²) < 4.78 is 5.26. The van der Waals surface area contributed by atoms with Gasteiger partial charge in [0, 0.05) is 5.69 Å². The van der Waals surface area contributed by atoms with E-state index in [0.29, 0.717) is 5.11 Å². The van der Waals surface area contributed by atoms with E-state index in [2.05, 4.69) is 43.5 Å². The van der Waals surface area contributed by atoms with Crippen molar-refractivity contribution in [3.63, 3.8) is 0 Å². The second kappa shape index (κ2) is 7.27. The highest BCUT2D eigenvalue weighted by Crippen LogP contribution is 2.20. The molecule has 3 nitrogen and oxygen atoms in total. The van der Waals surface area contributed by atoms with Gasteiger partial charge in [0.2, 0.25) is 0 Å². The number of rotatable bonds is 4. The van der Waals surface area contributed by atoms with Crippen LogP contribution in [-0.2, 0) is 0 Å². The quantitative estimate of drug-likeness (QED) is 0.822. The smallest absolute Gasteiger partial charge is 0.171 e. The molecular formula is C18H22N2OS. The van der Waals surface area contributed by atoms with Gasteiger partial charge in [0.25, 0.3) is 0 Å². The van der Waals surface area contributed by atoms with Crippen molar-refractivity contribution in [1.29, 1.82) is 0 Å². The summed E-state index contributed by atoms with van der Waals surface area (Å²) in [4.78, 5) is 0. The Hall–Kier alpha value is -2.07. The molecule has 22 heavy (non-hydrogen) atoms. The molecule has 0 aromatic heterocycles. The molecule has 2 aromatic carbocycles. The van der Waals surface area contributed by atoms with Crippen molar-refractivity contribution in [3.8, 4) is 5.75 Å². The highest BCUT2D eigenvalue weighted by molar-refractivity contribution is 7.80. The summed E-state index contributed by atoms with van der Waals surface area (Å²) in [5, 5.41) is 7.19. The Morgan fingerprint density at radius 1 is 1.14 bits per heavy atom. The SMILES string of the molecule is COc1cccc(C(C)NC(=S)Nc2cccc(C)c2C)c1. The van der Waals surface area contributed by atoms with E-state index in [0.717, 1.165) is 17.0 Å². The number of methoxy groups -OCH3 is 1. The number of nitrogens with one attached hydrogen (secondary N) is 2. The van der Waals surface area contributed by atoms with Crippen molar-refractivity contribution < 1.29 is 4.74 Å². The highest BCUT2D eigenvalue weighted by atomic mass is 32.1. The van der Waals surface area contributed by atoms with Gasteiger partial charge in [-0.25, -0.2) is 0 Å². The van der Waals surface area contributed by atoms with Gasteiger partial charge in [0.1, 0.15) is 5.75 Å². The Morgan fingerprint density at radius 3 is 2.59 bits per heavy atom. The van der Waals surface area contributed by atoms with E-state index >= 15 is 0 Å². The lowest BCUT2D eigenvalue weighted by molar-refractivity contribution is 0.413. The summed E-state index contributed by atoms with van der Waals surface area (Å²) in [5.41, 5.74) is 4.62. The summed E-state index contributed by atoms with van der Waals surface area (Å²) in [5.74, 6) is 0.847. The molecule has 4 heteroatoms. The normalized spacial score (nSPS) is 11.6. The zero-order chi connectivity index (χ0) is 16.1. The lowest BCUT2D eigenvalue weighted by atomic mass is 10.1. The van der Waals surface area contributed by atoms with Crippen LogP contribution in [0.4, 0.5) is 5.69 Å². The van der Waals surface area contributed by atoms with E-state index in [4.69, 9.17) is 17.0 Å². The fraction of sp³-hybridized carbons (Fsp3) is 0.278. The molecule has 2 N–H and O–H groups in total. The first-order chi connectivity index (χ1) is 10.5. The Labute approximate surface area is 137 Å². The van der Waals surface area contributed by atoms with Gasteiger partial charge in [0.05, 0.1) is 13.2 Å². The lowest BCUT2D eigenvalue weighted by Gasteiger charge is -2.19. The topological polar surface area (TPSA) is 33.3 Å². The molecule has 0 saturated heterocycles. The first kappa shape index (κ1) is 16.3.